The maximum Gasteiger partial charge on any atom is 0.269 e. The van der Waals surface area contributed by atoms with Gasteiger partial charge in [-0.15, -0.1) is 11.3 Å². The number of thiazole rings is 1. The molecule has 0 atom stereocenters. The molecule has 0 radical (unpaired) electrons. The van der Waals surface area contributed by atoms with Crippen LogP contribution in [0.2, 0.25) is 0 Å². The number of nitrogens with zero attached hydrogens (tertiary/aromatic N) is 2. The van der Waals surface area contributed by atoms with Gasteiger partial charge in [0.25, 0.3) is 11.5 Å². The Bertz CT molecular complexity index is 1310. The van der Waals surface area contributed by atoms with E-state index in [1.54, 1.807) is 34.9 Å². The third-order valence-corrected chi connectivity index (χ3v) is 6.43. The van der Waals surface area contributed by atoms with E-state index < -0.39 is 0 Å². The molecule has 0 aliphatic carbocycles. The van der Waals surface area contributed by atoms with Gasteiger partial charge < -0.3 is 15.3 Å². The van der Waals surface area contributed by atoms with Gasteiger partial charge in [0.2, 0.25) is 0 Å². The third-order valence-electron chi connectivity index (χ3n) is 4.81. The summed E-state index contributed by atoms with van der Waals surface area (Å²) in [6, 6.07) is 12.3. The summed E-state index contributed by atoms with van der Waals surface area (Å²) in [6.45, 7) is 1.14. The molecule has 2 heterocycles. The van der Waals surface area contributed by atoms with Crippen LogP contribution in [0.15, 0.2) is 51.7 Å². The van der Waals surface area contributed by atoms with Crippen LogP contribution in [0.25, 0.3) is 11.6 Å². The van der Waals surface area contributed by atoms with Crippen molar-refractivity contribution in [1.29, 1.82) is 0 Å². The lowest BCUT2D eigenvalue weighted by Crippen LogP contribution is -2.36. The van der Waals surface area contributed by atoms with Gasteiger partial charge in [0.1, 0.15) is 10.4 Å². The quantitative estimate of drug-likeness (QED) is 0.591. The molecule has 8 heteroatoms. The van der Waals surface area contributed by atoms with Crippen LogP contribution in [0.4, 0.5) is 5.69 Å². The highest BCUT2D eigenvalue weighted by molar-refractivity contribution is 9.10. The number of rotatable bonds is 4. The van der Waals surface area contributed by atoms with E-state index in [-0.39, 0.29) is 17.2 Å². The Kier molecular flexibility index (Phi) is 5.64. The summed E-state index contributed by atoms with van der Waals surface area (Å²) < 4.78 is 3.73. The summed E-state index contributed by atoms with van der Waals surface area (Å²) in [4.78, 5) is 28.1. The number of carbonyl (C=O) groups is 1. The van der Waals surface area contributed by atoms with E-state index in [1.165, 1.54) is 11.3 Å². The Morgan fingerprint density at radius 3 is 2.60 bits per heavy atom. The topological polar surface area (TPSA) is 74.6 Å². The number of likely N-dealkylation sites (N-methyl/N-ethyl adjacent to an activating group) is 1. The van der Waals surface area contributed by atoms with E-state index in [1.807, 2.05) is 37.2 Å². The number of anilines is 1. The molecular weight excluding hydrogens is 466 g/mol. The van der Waals surface area contributed by atoms with Crippen LogP contribution < -0.4 is 20.1 Å². The van der Waals surface area contributed by atoms with Gasteiger partial charge in [0.05, 0.1) is 10.1 Å². The second kappa shape index (κ2) is 8.22. The van der Waals surface area contributed by atoms with Gasteiger partial charge >= 0.3 is 0 Å². The number of halogens is 1. The number of carbonyl (C=O) groups excluding carboxylic acids is 1. The third kappa shape index (κ3) is 3.98. The minimum absolute atomic E-state index is 0.131. The Labute approximate surface area is 185 Å². The second-order valence-corrected chi connectivity index (χ2v) is 9.23. The SMILES string of the molecule is CN(C)CCn1c(=O)/c(=C\c2ccc(O)cc2)s/c1=C1/C(=O)Nc2ccc(Br)cc21. The van der Waals surface area contributed by atoms with E-state index in [2.05, 4.69) is 21.2 Å². The first-order valence-corrected chi connectivity index (χ1v) is 10.9. The van der Waals surface area contributed by atoms with Crippen LogP contribution >= 0.6 is 27.3 Å². The molecule has 0 unspecified atom stereocenters. The van der Waals surface area contributed by atoms with Gasteiger partial charge in [-0.05, 0) is 56.1 Å². The monoisotopic (exact) mass is 485 g/mol. The zero-order valence-corrected chi connectivity index (χ0v) is 18.9. The summed E-state index contributed by atoms with van der Waals surface area (Å²) in [7, 11) is 3.89. The maximum atomic E-state index is 13.2. The Balaban J connectivity index is 1.99. The van der Waals surface area contributed by atoms with Gasteiger partial charge in [0, 0.05) is 28.8 Å². The van der Waals surface area contributed by atoms with Crippen LogP contribution in [0.3, 0.4) is 0 Å². The van der Waals surface area contributed by atoms with Crippen LogP contribution in [-0.4, -0.2) is 41.1 Å². The molecule has 30 heavy (non-hydrogen) atoms. The normalized spacial score (nSPS) is 15.6. The van der Waals surface area contributed by atoms with E-state index in [0.717, 1.165) is 21.3 Å². The van der Waals surface area contributed by atoms with Crippen molar-refractivity contribution in [2.45, 2.75) is 6.54 Å². The average Bonchev–Trinajstić information content (AvgIpc) is 3.17. The number of aromatic hydroxyl groups is 1. The summed E-state index contributed by atoms with van der Waals surface area (Å²) >= 11 is 4.78. The van der Waals surface area contributed by atoms with Crippen LogP contribution in [0, 0.1) is 0 Å². The van der Waals surface area contributed by atoms with Crippen molar-refractivity contribution in [3.63, 3.8) is 0 Å². The van der Waals surface area contributed by atoms with Crippen molar-refractivity contribution in [1.82, 2.24) is 9.47 Å². The first kappa shape index (κ1) is 20.6. The summed E-state index contributed by atoms with van der Waals surface area (Å²) in [5.74, 6) is -0.0399. The van der Waals surface area contributed by atoms with Gasteiger partial charge in [-0.2, -0.15) is 0 Å². The summed E-state index contributed by atoms with van der Waals surface area (Å²) in [5, 5.41) is 12.4. The number of hydrogen-bond donors (Lipinski definition) is 2. The summed E-state index contributed by atoms with van der Waals surface area (Å²) in [5.41, 5.74) is 2.71. The van der Waals surface area contributed by atoms with Gasteiger partial charge in [-0.3, -0.25) is 14.2 Å². The lowest BCUT2D eigenvalue weighted by molar-refractivity contribution is -0.110. The number of hydrogen-bond acceptors (Lipinski definition) is 5. The van der Waals surface area contributed by atoms with Crippen molar-refractivity contribution in [2.24, 2.45) is 0 Å². The summed E-state index contributed by atoms with van der Waals surface area (Å²) in [6.07, 6.45) is 1.79. The molecule has 154 valence electrons. The van der Waals surface area contributed by atoms with Crippen molar-refractivity contribution >= 4 is 50.5 Å². The lowest BCUT2D eigenvalue weighted by atomic mass is 10.1. The highest BCUT2D eigenvalue weighted by Crippen LogP contribution is 2.32. The molecule has 0 spiro atoms. The molecular formula is C22H20BrN3O3S. The fraction of sp³-hybridized carbons (Fsp3) is 0.182. The maximum absolute atomic E-state index is 13.2. The molecule has 2 aromatic carbocycles. The predicted molar refractivity (Wildman–Crippen MR) is 123 cm³/mol. The molecule has 0 saturated heterocycles. The molecule has 1 aliphatic rings. The number of aromatic nitrogens is 1. The molecule has 1 aliphatic heterocycles. The molecule has 0 fully saturated rings. The van der Waals surface area contributed by atoms with Crippen LogP contribution in [0.1, 0.15) is 11.1 Å². The molecule has 2 N–H and O–H groups in total. The molecule has 1 amide bonds. The highest BCUT2D eigenvalue weighted by Gasteiger charge is 2.27. The van der Waals surface area contributed by atoms with Crippen molar-refractivity contribution in [3.05, 3.63) is 77.6 Å². The fourth-order valence-electron chi connectivity index (χ4n) is 3.28. The van der Waals surface area contributed by atoms with Crippen LogP contribution in [0.5, 0.6) is 5.75 Å². The first-order chi connectivity index (χ1) is 14.3. The van der Waals surface area contributed by atoms with Crippen LogP contribution in [-0.2, 0) is 11.3 Å². The smallest absolute Gasteiger partial charge is 0.269 e. The van der Waals surface area contributed by atoms with Gasteiger partial charge in [-0.1, -0.05) is 28.1 Å². The Morgan fingerprint density at radius 2 is 1.90 bits per heavy atom. The number of amides is 1. The molecule has 3 aromatic rings. The minimum atomic E-state index is -0.209. The predicted octanol–water partition coefficient (Wildman–Crippen LogP) is 1.92. The zero-order valence-electron chi connectivity index (χ0n) is 16.5. The van der Waals surface area contributed by atoms with E-state index >= 15 is 0 Å². The number of benzene rings is 2. The van der Waals surface area contributed by atoms with Crippen molar-refractivity contribution in [2.75, 3.05) is 26.0 Å². The average molecular weight is 486 g/mol. The van der Waals surface area contributed by atoms with Gasteiger partial charge in [-0.25, -0.2) is 0 Å². The minimum Gasteiger partial charge on any atom is -0.508 e. The van der Waals surface area contributed by atoms with E-state index in [4.69, 9.17) is 0 Å². The molecule has 0 bridgehead atoms. The highest BCUT2D eigenvalue weighted by atomic mass is 79.9. The molecule has 0 saturated carbocycles. The fourth-order valence-corrected chi connectivity index (χ4v) is 4.83. The first-order valence-electron chi connectivity index (χ1n) is 9.34. The lowest BCUT2D eigenvalue weighted by Gasteiger charge is -2.10. The van der Waals surface area contributed by atoms with Crippen molar-refractivity contribution < 1.29 is 9.90 Å². The number of fused-ring (bicyclic) bond motifs is 1. The van der Waals surface area contributed by atoms with Gasteiger partial charge in [0.15, 0.2) is 0 Å². The number of phenols is 1. The Morgan fingerprint density at radius 1 is 1.17 bits per heavy atom. The molecule has 6 nitrogen and oxygen atoms in total. The van der Waals surface area contributed by atoms with E-state index in [0.29, 0.717) is 27.9 Å². The standard InChI is InChI=1S/C22H20BrN3O3S/c1-25(2)9-10-26-21(29)18(11-13-3-6-15(27)7-4-13)30-22(26)19-16-12-14(23)5-8-17(16)24-20(19)28/h3-8,11-12,27H,9-10H2,1-2H3,(H,24,28)/b18-11+,22-19+. The molecule has 4 rings (SSSR count). The second-order valence-electron chi connectivity index (χ2n) is 7.29. The number of nitrogens with one attached hydrogen (secondary N) is 1. The largest absolute Gasteiger partial charge is 0.508 e. The Hall–Kier alpha value is -2.68. The van der Waals surface area contributed by atoms with E-state index in [9.17, 15) is 14.7 Å². The van der Waals surface area contributed by atoms with Crippen molar-refractivity contribution in [3.8, 4) is 5.75 Å². The number of phenolic OH excluding ortho intramolecular Hbond substituents is 1. The zero-order chi connectivity index (χ0) is 21.4. The molecule has 1 aromatic heterocycles.